The van der Waals surface area contributed by atoms with Crippen molar-refractivity contribution in [2.75, 3.05) is 0 Å². The molecule has 3 heteroatoms. The van der Waals surface area contributed by atoms with Gasteiger partial charge in [-0.15, -0.1) is 0 Å². The Morgan fingerprint density at radius 3 is 1.65 bits per heavy atom. The summed E-state index contributed by atoms with van der Waals surface area (Å²) in [6.45, 7) is 18.9. The maximum atomic E-state index is 12.7. The monoisotopic (exact) mass is 432 g/mol. The van der Waals surface area contributed by atoms with Gasteiger partial charge in [0.2, 0.25) is 0 Å². The van der Waals surface area contributed by atoms with Gasteiger partial charge >= 0.3 is 5.97 Å². The third-order valence-electron chi connectivity index (χ3n) is 5.99. The number of unbranched alkanes of at least 4 members (excludes halogenated alkanes) is 5. The van der Waals surface area contributed by atoms with Crippen LogP contribution in [0.15, 0.2) is 12.1 Å². The zero-order chi connectivity index (χ0) is 23.8. The summed E-state index contributed by atoms with van der Waals surface area (Å²) in [7, 11) is 0. The highest BCUT2D eigenvalue weighted by Crippen LogP contribution is 2.41. The number of hydrogen-bond acceptors (Lipinski definition) is 3. The second kappa shape index (κ2) is 11.9. The fourth-order valence-corrected chi connectivity index (χ4v) is 3.86. The quantitative estimate of drug-likeness (QED) is 0.217. The molecule has 3 nitrogen and oxygen atoms in total. The Morgan fingerprint density at radius 1 is 0.806 bits per heavy atom. The largest absolute Gasteiger partial charge is 0.507 e. The molecule has 0 saturated carbocycles. The van der Waals surface area contributed by atoms with Crippen LogP contribution in [0.1, 0.15) is 125 Å². The van der Waals surface area contributed by atoms with E-state index in [1.807, 2.05) is 19.1 Å². The molecule has 1 aromatic carbocycles. The van der Waals surface area contributed by atoms with Gasteiger partial charge in [0.1, 0.15) is 11.5 Å². The van der Waals surface area contributed by atoms with Crippen molar-refractivity contribution in [1.82, 2.24) is 0 Å². The molecule has 1 N–H and O–H groups in total. The summed E-state index contributed by atoms with van der Waals surface area (Å²) in [5.74, 6) is 1.35. The van der Waals surface area contributed by atoms with Gasteiger partial charge in [-0.3, -0.25) is 4.79 Å². The third-order valence-corrected chi connectivity index (χ3v) is 5.99. The van der Waals surface area contributed by atoms with Crippen LogP contribution in [0.25, 0.3) is 0 Å². The van der Waals surface area contributed by atoms with E-state index in [-0.39, 0.29) is 22.7 Å². The summed E-state index contributed by atoms with van der Waals surface area (Å²) in [6.07, 6.45) is 9.64. The van der Waals surface area contributed by atoms with E-state index in [1.165, 1.54) is 38.5 Å². The summed E-state index contributed by atoms with van der Waals surface area (Å²) < 4.78 is 5.79. The number of esters is 1. The molecule has 0 aromatic heterocycles. The molecule has 1 atom stereocenters. The van der Waals surface area contributed by atoms with Crippen LogP contribution in [-0.4, -0.2) is 11.1 Å². The maximum absolute atomic E-state index is 12.7. The third kappa shape index (κ3) is 9.66. The van der Waals surface area contributed by atoms with Crippen LogP contribution in [0.5, 0.6) is 11.5 Å². The van der Waals surface area contributed by atoms with Crippen molar-refractivity contribution in [1.29, 1.82) is 0 Å². The highest BCUT2D eigenvalue weighted by atomic mass is 16.5. The number of hydrogen-bond donors (Lipinski definition) is 1. The van der Waals surface area contributed by atoms with E-state index in [1.54, 1.807) is 0 Å². The van der Waals surface area contributed by atoms with E-state index in [0.717, 1.165) is 29.9 Å². The lowest BCUT2D eigenvalue weighted by molar-refractivity contribution is -0.138. The Morgan fingerprint density at radius 2 is 1.23 bits per heavy atom. The number of phenols is 1. The molecule has 1 aromatic rings. The van der Waals surface area contributed by atoms with Crippen molar-refractivity contribution in [2.45, 2.75) is 125 Å². The predicted molar refractivity (Wildman–Crippen MR) is 132 cm³/mol. The second-order valence-corrected chi connectivity index (χ2v) is 11.8. The summed E-state index contributed by atoms with van der Waals surface area (Å²) in [5, 5.41) is 10.8. The van der Waals surface area contributed by atoms with E-state index in [0.29, 0.717) is 11.5 Å². The molecule has 0 bridgehead atoms. The number of rotatable bonds is 11. The fraction of sp³-hybridized carbons (Fsp3) is 0.750. The number of aromatic hydroxyl groups is 1. The van der Waals surface area contributed by atoms with Crippen LogP contribution >= 0.6 is 0 Å². The molecular formula is C28H48O3. The standard InChI is InChI=1S/C28H48O3/c1-20(2)16-14-12-10-11-13-15-17-21(3)26(30)31-22-18-23(27(4,5)6)25(29)24(19-22)28(7,8)9/h18-21,29H,10-17H2,1-9H3. The number of carbonyl (C=O) groups is 1. The molecule has 1 rings (SSSR count). The van der Waals surface area contributed by atoms with Crippen LogP contribution in [0.2, 0.25) is 0 Å². The molecule has 0 heterocycles. The predicted octanol–water partition coefficient (Wildman–Crippen LogP) is 8.31. The highest BCUT2D eigenvalue weighted by Gasteiger charge is 2.28. The van der Waals surface area contributed by atoms with Gasteiger partial charge in [-0.2, -0.15) is 0 Å². The van der Waals surface area contributed by atoms with Crippen molar-refractivity contribution in [3.63, 3.8) is 0 Å². The number of ether oxygens (including phenoxy) is 1. The van der Waals surface area contributed by atoms with Gasteiger partial charge in [0.05, 0.1) is 5.92 Å². The first-order valence-electron chi connectivity index (χ1n) is 12.3. The first-order valence-corrected chi connectivity index (χ1v) is 12.3. The van der Waals surface area contributed by atoms with E-state index in [2.05, 4.69) is 55.4 Å². The van der Waals surface area contributed by atoms with E-state index >= 15 is 0 Å². The lowest BCUT2D eigenvalue weighted by Gasteiger charge is -2.28. The number of carbonyl (C=O) groups excluding carboxylic acids is 1. The van der Waals surface area contributed by atoms with Crippen molar-refractivity contribution in [3.8, 4) is 11.5 Å². The molecule has 0 amide bonds. The Hall–Kier alpha value is -1.51. The summed E-state index contributed by atoms with van der Waals surface area (Å²) in [5.41, 5.74) is 1.14. The molecule has 0 fully saturated rings. The van der Waals surface area contributed by atoms with Gasteiger partial charge in [-0.1, -0.05) is 107 Å². The summed E-state index contributed by atoms with van der Waals surface area (Å²) in [6, 6.07) is 3.65. The van der Waals surface area contributed by atoms with Gasteiger partial charge in [0.15, 0.2) is 0 Å². The Balaban J connectivity index is 2.64. The van der Waals surface area contributed by atoms with Crippen LogP contribution in [0.4, 0.5) is 0 Å². The van der Waals surface area contributed by atoms with Crippen molar-refractivity contribution < 1.29 is 14.6 Å². The SMILES string of the molecule is CC(C)CCCCCCCCC(C)C(=O)Oc1cc(C(C)(C)C)c(O)c(C(C)(C)C)c1. The van der Waals surface area contributed by atoms with E-state index in [4.69, 9.17) is 4.74 Å². The number of phenolic OH excluding ortho intramolecular Hbond substituents is 1. The Bertz CT molecular complexity index is 654. The Kier molecular flexibility index (Phi) is 10.6. The fourth-order valence-electron chi connectivity index (χ4n) is 3.86. The Labute approximate surface area is 192 Å². The zero-order valence-corrected chi connectivity index (χ0v) is 21.7. The molecule has 31 heavy (non-hydrogen) atoms. The molecule has 0 spiro atoms. The van der Waals surface area contributed by atoms with Gasteiger partial charge in [0.25, 0.3) is 0 Å². The lowest BCUT2D eigenvalue weighted by Crippen LogP contribution is -2.20. The molecular weight excluding hydrogens is 384 g/mol. The molecule has 1 unspecified atom stereocenters. The minimum atomic E-state index is -0.243. The van der Waals surface area contributed by atoms with Crippen molar-refractivity contribution in [3.05, 3.63) is 23.3 Å². The van der Waals surface area contributed by atoms with Crippen LogP contribution in [-0.2, 0) is 15.6 Å². The minimum Gasteiger partial charge on any atom is -0.507 e. The van der Waals surface area contributed by atoms with Crippen molar-refractivity contribution in [2.24, 2.45) is 11.8 Å². The van der Waals surface area contributed by atoms with Crippen LogP contribution in [0.3, 0.4) is 0 Å². The summed E-state index contributed by atoms with van der Waals surface area (Å²) >= 11 is 0. The van der Waals surface area contributed by atoms with Crippen molar-refractivity contribution >= 4 is 5.97 Å². The average Bonchev–Trinajstić information content (AvgIpc) is 2.62. The van der Waals surface area contributed by atoms with E-state index < -0.39 is 0 Å². The molecule has 0 aliphatic heterocycles. The van der Waals surface area contributed by atoms with Gasteiger partial charge in [-0.25, -0.2) is 0 Å². The normalized spacial score (nSPS) is 13.5. The number of benzene rings is 1. The highest BCUT2D eigenvalue weighted by molar-refractivity contribution is 5.75. The smallest absolute Gasteiger partial charge is 0.314 e. The van der Waals surface area contributed by atoms with E-state index in [9.17, 15) is 9.90 Å². The van der Waals surface area contributed by atoms with Crippen LogP contribution < -0.4 is 4.74 Å². The maximum Gasteiger partial charge on any atom is 0.314 e. The average molecular weight is 433 g/mol. The molecule has 0 aliphatic carbocycles. The van der Waals surface area contributed by atoms with Gasteiger partial charge in [-0.05, 0) is 35.3 Å². The van der Waals surface area contributed by atoms with Crippen LogP contribution in [0, 0.1) is 11.8 Å². The first-order chi connectivity index (χ1) is 14.2. The molecule has 0 radical (unpaired) electrons. The zero-order valence-electron chi connectivity index (χ0n) is 21.7. The lowest BCUT2D eigenvalue weighted by atomic mass is 9.79. The molecule has 0 saturated heterocycles. The topological polar surface area (TPSA) is 46.5 Å². The molecule has 178 valence electrons. The van der Waals surface area contributed by atoms with Gasteiger partial charge < -0.3 is 9.84 Å². The second-order valence-electron chi connectivity index (χ2n) is 11.8. The van der Waals surface area contributed by atoms with Gasteiger partial charge in [0, 0.05) is 11.1 Å². The molecule has 0 aliphatic rings. The first kappa shape index (κ1) is 27.5. The summed E-state index contributed by atoms with van der Waals surface area (Å²) in [4.78, 5) is 12.7. The minimum absolute atomic E-state index is 0.120.